The average molecular weight is 274 g/mol. The van der Waals surface area contributed by atoms with E-state index < -0.39 is 0 Å². The summed E-state index contributed by atoms with van der Waals surface area (Å²) in [6, 6.07) is 11.3. The molecule has 0 aliphatic carbocycles. The summed E-state index contributed by atoms with van der Waals surface area (Å²) in [5.41, 5.74) is 8.12. The van der Waals surface area contributed by atoms with Crippen LogP contribution < -0.4 is 10.5 Å². The lowest BCUT2D eigenvalue weighted by atomic mass is 10.1. The third-order valence-electron chi connectivity index (χ3n) is 2.95. The molecule has 0 fully saturated rings. The first-order chi connectivity index (χ1) is 9.60. The fraction of sp³-hybridized carbons (Fsp3) is 0.133. The van der Waals surface area contributed by atoms with E-state index in [1.54, 1.807) is 18.2 Å². The topological polar surface area (TPSA) is 67.8 Å². The van der Waals surface area contributed by atoms with Crippen LogP contribution in [0.25, 0.3) is 0 Å². The molecule has 0 heterocycles. The standard InChI is InChI=1S/C15H15FN2O2/c1-10-8-11(15(17)18-19)2-3-12(10)9-20-14-6-4-13(16)5-7-14/h2-8,19H,9H2,1H3,(H2,17,18). The molecule has 0 atom stereocenters. The highest BCUT2D eigenvalue weighted by Gasteiger charge is 2.04. The normalized spacial score (nSPS) is 11.4. The van der Waals surface area contributed by atoms with Crippen LogP contribution in [0.4, 0.5) is 4.39 Å². The maximum atomic E-state index is 12.8. The van der Waals surface area contributed by atoms with E-state index in [-0.39, 0.29) is 11.7 Å². The van der Waals surface area contributed by atoms with Gasteiger partial charge in [0.25, 0.3) is 0 Å². The average Bonchev–Trinajstić information content (AvgIpc) is 2.46. The van der Waals surface area contributed by atoms with Gasteiger partial charge in [-0.05, 0) is 48.4 Å². The Morgan fingerprint density at radius 3 is 2.55 bits per heavy atom. The van der Waals surface area contributed by atoms with E-state index in [1.807, 2.05) is 19.1 Å². The molecule has 104 valence electrons. The first-order valence-electron chi connectivity index (χ1n) is 6.06. The predicted octanol–water partition coefficient (Wildman–Crippen LogP) is 2.81. The van der Waals surface area contributed by atoms with Gasteiger partial charge in [-0.1, -0.05) is 17.3 Å². The molecule has 0 bridgehead atoms. The number of nitrogens with zero attached hydrogens (tertiary/aromatic N) is 1. The minimum absolute atomic E-state index is 0.0686. The van der Waals surface area contributed by atoms with Gasteiger partial charge in [0.1, 0.15) is 18.2 Å². The number of oxime groups is 1. The number of nitrogens with two attached hydrogens (primary N) is 1. The maximum Gasteiger partial charge on any atom is 0.170 e. The van der Waals surface area contributed by atoms with Gasteiger partial charge < -0.3 is 15.7 Å². The first-order valence-corrected chi connectivity index (χ1v) is 6.06. The Labute approximate surface area is 116 Å². The van der Waals surface area contributed by atoms with Crippen molar-refractivity contribution in [2.24, 2.45) is 10.9 Å². The molecule has 20 heavy (non-hydrogen) atoms. The lowest BCUT2D eigenvalue weighted by Crippen LogP contribution is -2.13. The third-order valence-corrected chi connectivity index (χ3v) is 2.95. The van der Waals surface area contributed by atoms with Crippen LogP contribution in [0, 0.1) is 12.7 Å². The Balaban J connectivity index is 2.08. The molecule has 5 heteroatoms. The number of hydrogen-bond donors (Lipinski definition) is 2. The fourth-order valence-corrected chi connectivity index (χ4v) is 1.77. The van der Waals surface area contributed by atoms with Crippen LogP contribution in [-0.2, 0) is 6.61 Å². The Kier molecular flexibility index (Phi) is 4.20. The van der Waals surface area contributed by atoms with Crippen molar-refractivity contribution in [3.63, 3.8) is 0 Å². The molecule has 2 aromatic rings. The third kappa shape index (κ3) is 3.26. The predicted molar refractivity (Wildman–Crippen MR) is 74.4 cm³/mol. The molecular weight excluding hydrogens is 259 g/mol. The molecule has 0 amide bonds. The molecule has 0 saturated heterocycles. The molecule has 0 aliphatic rings. The van der Waals surface area contributed by atoms with E-state index in [2.05, 4.69) is 5.16 Å². The summed E-state index contributed by atoms with van der Waals surface area (Å²) in [5, 5.41) is 11.6. The summed E-state index contributed by atoms with van der Waals surface area (Å²) < 4.78 is 18.3. The summed E-state index contributed by atoms with van der Waals surface area (Å²) in [7, 11) is 0. The molecule has 2 aromatic carbocycles. The van der Waals surface area contributed by atoms with Crippen LogP contribution in [0.15, 0.2) is 47.6 Å². The SMILES string of the molecule is Cc1cc(/C(N)=N/O)ccc1COc1ccc(F)cc1. The number of benzene rings is 2. The molecule has 3 N–H and O–H groups in total. The molecule has 4 nitrogen and oxygen atoms in total. The Morgan fingerprint density at radius 2 is 1.95 bits per heavy atom. The van der Waals surface area contributed by atoms with E-state index in [1.165, 1.54) is 12.1 Å². The van der Waals surface area contributed by atoms with Gasteiger partial charge in [-0.15, -0.1) is 0 Å². The van der Waals surface area contributed by atoms with E-state index in [9.17, 15) is 4.39 Å². The molecule has 0 radical (unpaired) electrons. The number of halogens is 1. The Hall–Kier alpha value is -2.56. The fourth-order valence-electron chi connectivity index (χ4n) is 1.77. The van der Waals surface area contributed by atoms with Crippen LogP contribution in [0.3, 0.4) is 0 Å². The summed E-state index contributed by atoms with van der Waals surface area (Å²) in [6.07, 6.45) is 0. The molecule has 0 aliphatic heterocycles. The van der Waals surface area contributed by atoms with Crippen molar-refractivity contribution in [3.8, 4) is 5.75 Å². The monoisotopic (exact) mass is 274 g/mol. The molecule has 0 spiro atoms. The summed E-state index contributed by atoms with van der Waals surface area (Å²) in [5.74, 6) is 0.377. The van der Waals surface area contributed by atoms with Gasteiger partial charge in [-0.3, -0.25) is 0 Å². The van der Waals surface area contributed by atoms with Crippen molar-refractivity contribution in [2.75, 3.05) is 0 Å². The largest absolute Gasteiger partial charge is 0.489 e. The van der Waals surface area contributed by atoms with Crippen LogP contribution in [0.2, 0.25) is 0 Å². The zero-order chi connectivity index (χ0) is 14.5. The highest BCUT2D eigenvalue weighted by Crippen LogP contribution is 2.16. The van der Waals surface area contributed by atoms with Crippen molar-refractivity contribution in [1.29, 1.82) is 0 Å². The second-order valence-corrected chi connectivity index (χ2v) is 4.37. The first kappa shape index (κ1) is 13.9. The maximum absolute atomic E-state index is 12.8. The lowest BCUT2D eigenvalue weighted by molar-refractivity contribution is 0.305. The van der Waals surface area contributed by atoms with Crippen LogP contribution in [0.5, 0.6) is 5.75 Å². The molecule has 0 aromatic heterocycles. The van der Waals surface area contributed by atoms with Crippen molar-refractivity contribution in [2.45, 2.75) is 13.5 Å². The van der Waals surface area contributed by atoms with Gasteiger partial charge >= 0.3 is 0 Å². The summed E-state index contributed by atoms with van der Waals surface area (Å²) >= 11 is 0. The lowest BCUT2D eigenvalue weighted by Gasteiger charge is -2.10. The molecule has 2 rings (SSSR count). The van der Waals surface area contributed by atoms with Gasteiger partial charge in [0.05, 0.1) is 0 Å². The van der Waals surface area contributed by atoms with Gasteiger partial charge in [-0.25, -0.2) is 4.39 Å². The highest BCUT2D eigenvalue weighted by molar-refractivity contribution is 5.97. The number of hydrogen-bond acceptors (Lipinski definition) is 3. The van der Waals surface area contributed by atoms with Crippen molar-refractivity contribution >= 4 is 5.84 Å². The second kappa shape index (κ2) is 6.06. The smallest absolute Gasteiger partial charge is 0.170 e. The number of amidine groups is 1. The molecular formula is C15H15FN2O2. The van der Waals surface area contributed by atoms with E-state index in [0.717, 1.165) is 11.1 Å². The summed E-state index contributed by atoms with van der Waals surface area (Å²) in [4.78, 5) is 0. The molecule has 0 saturated carbocycles. The number of rotatable bonds is 4. The van der Waals surface area contributed by atoms with Gasteiger partial charge in [0, 0.05) is 5.56 Å². The Bertz CT molecular complexity index is 624. The van der Waals surface area contributed by atoms with E-state index in [0.29, 0.717) is 17.9 Å². The number of aryl methyl sites for hydroxylation is 1. The van der Waals surface area contributed by atoms with Gasteiger partial charge in [0.2, 0.25) is 0 Å². The van der Waals surface area contributed by atoms with Crippen molar-refractivity contribution in [1.82, 2.24) is 0 Å². The quantitative estimate of drug-likeness (QED) is 0.390. The van der Waals surface area contributed by atoms with Gasteiger partial charge in [0.15, 0.2) is 5.84 Å². The minimum Gasteiger partial charge on any atom is -0.489 e. The second-order valence-electron chi connectivity index (χ2n) is 4.37. The zero-order valence-electron chi connectivity index (χ0n) is 11.0. The molecule has 0 unspecified atom stereocenters. The van der Waals surface area contributed by atoms with Crippen molar-refractivity contribution in [3.05, 3.63) is 65.0 Å². The summed E-state index contributed by atoms with van der Waals surface area (Å²) in [6.45, 7) is 2.28. The van der Waals surface area contributed by atoms with E-state index >= 15 is 0 Å². The van der Waals surface area contributed by atoms with Crippen LogP contribution in [0.1, 0.15) is 16.7 Å². The highest BCUT2D eigenvalue weighted by atomic mass is 19.1. The van der Waals surface area contributed by atoms with Crippen LogP contribution in [-0.4, -0.2) is 11.0 Å². The van der Waals surface area contributed by atoms with Crippen LogP contribution >= 0.6 is 0 Å². The van der Waals surface area contributed by atoms with Crippen molar-refractivity contribution < 1.29 is 14.3 Å². The van der Waals surface area contributed by atoms with Gasteiger partial charge in [-0.2, -0.15) is 0 Å². The zero-order valence-corrected chi connectivity index (χ0v) is 11.0. The Morgan fingerprint density at radius 1 is 1.25 bits per heavy atom. The van der Waals surface area contributed by atoms with E-state index in [4.69, 9.17) is 15.7 Å². The minimum atomic E-state index is -0.295. The number of ether oxygens (including phenoxy) is 1.